The Morgan fingerprint density at radius 3 is 2.88 bits per heavy atom. The number of hydrogen-bond acceptors (Lipinski definition) is 3. The molecule has 0 spiro atoms. The third-order valence-corrected chi connectivity index (χ3v) is 3.06. The van der Waals surface area contributed by atoms with Crippen LogP contribution >= 0.6 is 15.9 Å². The summed E-state index contributed by atoms with van der Waals surface area (Å²) in [5.74, 6) is 0. The summed E-state index contributed by atoms with van der Waals surface area (Å²) >= 11 is 3.44. The van der Waals surface area contributed by atoms with E-state index in [2.05, 4.69) is 32.7 Å². The first-order chi connectivity index (χ1) is 7.85. The zero-order valence-electron chi connectivity index (χ0n) is 9.32. The number of nitrogens with zero attached hydrogens (tertiary/aromatic N) is 2. The van der Waals surface area contributed by atoms with Crippen molar-refractivity contribution in [2.24, 2.45) is 0 Å². The molecule has 0 bridgehead atoms. The van der Waals surface area contributed by atoms with E-state index >= 15 is 0 Å². The molecule has 2 aromatic rings. The summed E-state index contributed by atoms with van der Waals surface area (Å²) in [6.45, 7) is 4.00. The lowest BCUT2D eigenvalue weighted by Gasteiger charge is -2.17. The van der Waals surface area contributed by atoms with Crippen LogP contribution in [-0.2, 0) is 0 Å². The molecule has 0 atom stereocenters. The number of benzene rings is 1. The predicted octanol–water partition coefficient (Wildman–Crippen LogP) is 3.44. The van der Waals surface area contributed by atoms with Crippen molar-refractivity contribution in [1.29, 1.82) is 0 Å². The highest BCUT2D eigenvalue weighted by Crippen LogP contribution is 2.21. The Kier molecular flexibility index (Phi) is 3.83. The molecule has 0 N–H and O–H groups in total. The highest BCUT2D eigenvalue weighted by atomic mass is 79.9. The predicted molar refractivity (Wildman–Crippen MR) is 70.3 cm³/mol. The van der Waals surface area contributed by atoms with E-state index in [1.54, 1.807) is 0 Å². The maximum Gasteiger partial charge on any atom is 0.298 e. The van der Waals surface area contributed by atoms with Gasteiger partial charge in [0, 0.05) is 18.4 Å². The van der Waals surface area contributed by atoms with E-state index in [0.717, 1.165) is 42.0 Å². The molecule has 0 saturated heterocycles. The lowest BCUT2D eigenvalue weighted by molar-refractivity contribution is 0.569. The van der Waals surface area contributed by atoms with Crippen molar-refractivity contribution >= 4 is 33.0 Å². The third kappa shape index (κ3) is 2.38. The summed E-state index contributed by atoms with van der Waals surface area (Å²) in [4.78, 5) is 6.63. The van der Waals surface area contributed by atoms with Crippen LogP contribution in [0.15, 0.2) is 28.7 Å². The fourth-order valence-electron chi connectivity index (χ4n) is 1.63. The van der Waals surface area contributed by atoms with E-state index in [1.807, 2.05) is 24.3 Å². The molecule has 16 heavy (non-hydrogen) atoms. The second-order valence-corrected chi connectivity index (χ2v) is 4.38. The number of alkyl halides is 1. The Hall–Kier alpha value is -1.03. The zero-order chi connectivity index (χ0) is 11.4. The summed E-state index contributed by atoms with van der Waals surface area (Å²) in [6, 6.07) is 8.59. The van der Waals surface area contributed by atoms with Crippen LogP contribution in [0.4, 0.5) is 6.01 Å². The number of oxazole rings is 1. The van der Waals surface area contributed by atoms with Crippen molar-refractivity contribution in [3.05, 3.63) is 24.3 Å². The van der Waals surface area contributed by atoms with Crippen molar-refractivity contribution in [3.8, 4) is 0 Å². The SMILES string of the molecule is CCN(CCCBr)c1nc2ccccc2o1. The number of aromatic nitrogens is 1. The highest BCUT2D eigenvalue weighted by molar-refractivity contribution is 9.09. The van der Waals surface area contributed by atoms with Gasteiger partial charge in [-0.15, -0.1) is 0 Å². The van der Waals surface area contributed by atoms with E-state index in [0.29, 0.717) is 0 Å². The molecule has 0 aliphatic rings. The van der Waals surface area contributed by atoms with Gasteiger partial charge < -0.3 is 9.32 Å². The third-order valence-electron chi connectivity index (χ3n) is 2.50. The van der Waals surface area contributed by atoms with Gasteiger partial charge in [0.15, 0.2) is 5.58 Å². The van der Waals surface area contributed by atoms with Crippen LogP contribution in [0.2, 0.25) is 0 Å². The van der Waals surface area contributed by atoms with Gasteiger partial charge in [0.25, 0.3) is 6.01 Å². The van der Waals surface area contributed by atoms with Crippen molar-refractivity contribution in [2.75, 3.05) is 23.3 Å². The van der Waals surface area contributed by atoms with Gasteiger partial charge in [0.05, 0.1) is 0 Å². The molecule has 2 rings (SSSR count). The Morgan fingerprint density at radius 2 is 2.19 bits per heavy atom. The molecule has 0 radical (unpaired) electrons. The Bertz CT molecular complexity index is 422. The smallest absolute Gasteiger partial charge is 0.298 e. The summed E-state index contributed by atoms with van der Waals surface area (Å²) in [7, 11) is 0. The Morgan fingerprint density at radius 1 is 1.38 bits per heavy atom. The molecule has 0 unspecified atom stereocenters. The average molecular weight is 283 g/mol. The summed E-state index contributed by atoms with van der Waals surface area (Å²) in [5, 5.41) is 1.00. The summed E-state index contributed by atoms with van der Waals surface area (Å²) < 4.78 is 5.72. The quantitative estimate of drug-likeness (QED) is 0.787. The van der Waals surface area contributed by atoms with Crippen LogP contribution in [0.1, 0.15) is 13.3 Å². The fraction of sp³-hybridized carbons (Fsp3) is 0.417. The minimum Gasteiger partial charge on any atom is -0.423 e. The normalized spacial score (nSPS) is 10.9. The number of fused-ring (bicyclic) bond motifs is 1. The van der Waals surface area contributed by atoms with Gasteiger partial charge in [0.2, 0.25) is 0 Å². The maximum atomic E-state index is 5.72. The average Bonchev–Trinajstić information content (AvgIpc) is 2.73. The maximum absolute atomic E-state index is 5.72. The molecule has 86 valence electrons. The van der Waals surface area contributed by atoms with Crippen LogP contribution in [0.25, 0.3) is 11.1 Å². The summed E-state index contributed by atoms with van der Waals surface area (Å²) in [6.07, 6.45) is 1.09. The number of para-hydroxylation sites is 2. The molecular weight excluding hydrogens is 268 g/mol. The largest absolute Gasteiger partial charge is 0.423 e. The van der Waals surface area contributed by atoms with Crippen molar-refractivity contribution in [2.45, 2.75) is 13.3 Å². The molecule has 0 aliphatic heterocycles. The lowest BCUT2D eigenvalue weighted by Crippen LogP contribution is -2.24. The van der Waals surface area contributed by atoms with Gasteiger partial charge in [-0.1, -0.05) is 28.1 Å². The van der Waals surface area contributed by atoms with Crippen molar-refractivity contribution < 1.29 is 4.42 Å². The van der Waals surface area contributed by atoms with E-state index in [-0.39, 0.29) is 0 Å². The van der Waals surface area contributed by atoms with Gasteiger partial charge in [-0.3, -0.25) is 0 Å². The number of rotatable bonds is 5. The minimum atomic E-state index is 0.727. The summed E-state index contributed by atoms with van der Waals surface area (Å²) in [5.41, 5.74) is 1.78. The van der Waals surface area contributed by atoms with Crippen LogP contribution in [0.5, 0.6) is 0 Å². The van der Waals surface area contributed by atoms with Gasteiger partial charge >= 0.3 is 0 Å². The molecule has 1 heterocycles. The molecule has 0 amide bonds. The Balaban J connectivity index is 2.23. The van der Waals surface area contributed by atoms with Crippen LogP contribution < -0.4 is 4.90 Å². The van der Waals surface area contributed by atoms with Gasteiger partial charge in [-0.25, -0.2) is 0 Å². The number of anilines is 1. The van der Waals surface area contributed by atoms with Gasteiger partial charge in [-0.2, -0.15) is 4.98 Å². The second-order valence-electron chi connectivity index (χ2n) is 3.59. The van der Waals surface area contributed by atoms with E-state index in [4.69, 9.17) is 4.42 Å². The minimum absolute atomic E-state index is 0.727. The van der Waals surface area contributed by atoms with Gasteiger partial charge in [-0.05, 0) is 25.5 Å². The van der Waals surface area contributed by atoms with E-state index < -0.39 is 0 Å². The molecule has 0 aliphatic carbocycles. The molecule has 1 aromatic carbocycles. The Labute approximate surface area is 104 Å². The molecule has 1 aromatic heterocycles. The molecule has 0 saturated carbocycles. The molecule has 0 fully saturated rings. The molecule has 3 nitrogen and oxygen atoms in total. The first kappa shape index (κ1) is 11.5. The monoisotopic (exact) mass is 282 g/mol. The molecule has 4 heteroatoms. The first-order valence-electron chi connectivity index (χ1n) is 5.51. The van der Waals surface area contributed by atoms with E-state index in [9.17, 15) is 0 Å². The standard InChI is InChI=1S/C12H15BrN2O/c1-2-15(9-5-8-13)12-14-10-6-3-4-7-11(10)16-12/h3-4,6-7H,2,5,8-9H2,1H3. The fourth-order valence-corrected chi connectivity index (χ4v) is 1.89. The number of hydrogen-bond donors (Lipinski definition) is 0. The molecular formula is C12H15BrN2O. The topological polar surface area (TPSA) is 29.3 Å². The van der Waals surface area contributed by atoms with Crippen LogP contribution in [0.3, 0.4) is 0 Å². The lowest BCUT2D eigenvalue weighted by atomic mass is 10.3. The van der Waals surface area contributed by atoms with E-state index in [1.165, 1.54) is 0 Å². The zero-order valence-corrected chi connectivity index (χ0v) is 10.9. The highest BCUT2D eigenvalue weighted by Gasteiger charge is 2.11. The first-order valence-corrected chi connectivity index (χ1v) is 6.63. The van der Waals surface area contributed by atoms with Crippen LogP contribution in [-0.4, -0.2) is 23.4 Å². The number of halogens is 1. The van der Waals surface area contributed by atoms with Crippen molar-refractivity contribution in [3.63, 3.8) is 0 Å². The van der Waals surface area contributed by atoms with Crippen molar-refractivity contribution in [1.82, 2.24) is 4.98 Å². The van der Waals surface area contributed by atoms with Gasteiger partial charge in [0.1, 0.15) is 5.52 Å². The second kappa shape index (κ2) is 5.34. The van der Waals surface area contributed by atoms with Crippen LogP contribution in [0, 0.1) is 0 Å².